The van der Waals surface area contributed by atoms with Gasteiger partial charge in [-0.2, -0.15) is 0 Å². The molecule has 0 aliphatic carbocycles. The van der Waals surface area contributed by atoms with Crippen molar-refractivity contribution in [1.29, 1.82) is 0 Å². The SMILES string of the molecule is Cc1ccccc1-c1cccc([C@H](CC(=O)O)NC(=O)[C@H](CC(C)C)n2ccncc2=O)c1. The number of benzene rings is 2. The van der Waals surface area contributed by atoms with Crippen molar-refractivity contribution < 1.29 is 14.7 Å². The van der Waals surface area contributed by atoms with Crippen LogP contribution in [0.3, 0.4) is 0 Å². The molecule has 0 fully saturated rings. The van der Waals surface area contributed by atoms with Crippen LogP contribution < -0.4 is 10.9 Å². The van der Waals surface area contributed by atoms with Crippen molar-refractivity contribution in [2.45, 2.75) is 45.7 Å². The van der Waals surface area contributed by atoms with E-state index in [1.54, 1.807) is 0 Å². The molecule has 0 bridgehead atoms. The number of carbonyl (C=O) groups excluding carboxylic acids is 1. The summed E-state index contributed by atoms with van der Waals surface area (Å²) in [7, 11) is 0. The number of hydrogen-bond donors (Lipinski definition) is 2. The molecule has 3 rings (SSSR count). The number of carboxylic acids is 1. The lowest BCUT2D eigenvalue weighted by molar-refractivity contribution is -0.138. The number of nitrogens with one attached hydrogen (secondary N) is 1. The molecule has 3 aromatic rings. The van der Waals surface area contributed by atoms with E-state index in [4.69, 9.17) is 0 Å². The largest absolute Gasteiger partial charge is 0.481 e. The molecular weight excluding hydrogens is 418 g/mol. The highest BCUT2D eigenvalue weighted by atomic mass is 16.4. The lowest BCUT2D eigenvalue weighted by Crippen LogP contribution is -2.40. The van der Waals surface area contributed by atoms with E-state index in [9.17, 15) is 19.5 Å². The van der Waals surface area contributed by atoms with Gasteiger partial charge in [-0.1, -0.05) is 56.3 Å². The van der Waals surface area contributed by atoms with Gasteiger partial charge in [0, 0.05) is 12.4 Å². The van der Waals surface area contributed by atoms with E-state index in [-0.39, 0.29) is 17.9 Å². The first-order valence-corrected chi connectivity index (χ1v) is 11.0. The summed E-state index contributed by atoms with van der Waals surface area (Å²) in [5.41, 5.74) is 3.40. The summed E-state index contributed by atoms with van der Waals surface area (Å²) in [6, 6.07) is 14.0. The lowest BCUT2D eigenvalue weighted by Gasteiger charge is -2.25. The summed E-state index contributed by atoms with van der Waals surface area (Å²) in [5.74, 6) is -1.28. The Labute approximate surface area is 193 Å². The Morgan fingerprint density at radius 2 is 1.88 bits per heavy atom. The Hall–Kier alpha value is -3.74. The van der Waals surface area contributed by atoms with Crippen molar-refractivity contribution in [3.8, 4) is 11.1 Å². The fourth-order valence-corrected chi connectivity index (χ4v) is 3.92. The van der Waals surface area contributed by atoms with Crippen molar-refractivity contribution in [2.75, 3.05) is 0 Å². The Kier molecular flexibility index (Phi) is 7.77. The maximum atomic E-state index is 13.3. The molecule has 0 spiro atoms. The highest BCUT2D eigenvalue weighted by Crippen LogP contribution is 2.28. The van der Waals surface area contributed by atoms with E-state index in [0.29, 0.717) is 12.0 Å². The zero-order chi connectivity index (χ0) is 24.0. The maximum absolute atomic E-state index is 13.3. The monoisotopic (exact) mass is 447 g/mol. The number of carboxylic acid groups (broad SMARTS) is 1. The summed E-state index contributed by atoms with van der Waals surface area (Å²) in [6.07, 6.45) is 4.27. The van der Waals surface area contributed by atoms with Crippen LogP contribution in [0.15, 0.2) is 71.9 Å². The van der Waals surface area contributed by atoms with E-state index < -0.39 is 24.0 Å². The quantitative estimate of drug-likeness (QED) is 0.513. The van der Waals surface area contributed by atoms with Crippen LogP contribution in [0.1, 0.15) is 49.9 Å². The lowest BCUT2D eigenvalue weighted by atomic mass is 9.95. The van der Waals surface area contributed by atoms with Gasteiger partial charge in [-0.15, -0.1) is 0 Å². The molecule has 7 heteroatoms. The smallest absolute Gasteiger partial charge is 0.305 e. The van der Waals surface area contributed by atoms with E-state index in [1.807, 2.05) is 69.3 Å². The van der Waals surface area contributed by atoms with E-state index in [2.05, 4.69) is 10.3 Å². The summed E-state index contributed by atoms with van der Waals surface area (Å²) in [4.78, 5) is 41.1. The molecule has 0 radical (unpaired) electrons. The number of aliphatic carboxylic acids is 1. The number of aryl methyl sites for hydroxylation is 1. The minimum Gasteiger partial charge on any atom is -0.481 e. The number of amides is 1. The van der Waals surface area contributed by atoms with Gasteiger partial charge in [0.05, 0.1) is 18.7 Å². The Morgan fingerprint density at radius 1 is 1.12 bits per heavy atom. The molecule has 0 aliphatic rings. The average Bonchev–Trinajstić information content (AvgIpc) is 2.77. The van der Waals surface area contributed by atoms with Gasteiger partial charge in [0.1, 0.15) is 6.04 Å². The molecule has 1 heterocycles. The van der Waals surface area contributed by atoms with Crippen LogP contribution in [-0.2, 0) is 9.59 Å². The van der Waals surface area contributed by atoms with Crippen LogP contribution >= 0.6 is 0 Å². The predicted octanol–water partition coefficient (Wildman–Crippen LogP) is 4.14. The Morgan fingerprint density at radius 3 is 2.55 bits per heavy atom. The van der Waals surface area contributed by atoms with Gasteiger partial charge in [0.15, 0.2) is 0 Å². The number of carbonyl (C=O) groups is 2. The normalized spacial score (nSPS) is 12.8. The minimum absolute atomic E-state index is 0.142. The van der Waals surface area contributed by atoms with Gasteiger partial charge in [0.25, 0.3) is 5.56 Å². The van der Waals surface area contributed by atoms with Crippen molar-refractivity contribution in [2.24, 2.45) is 5.92 Å². The number of rotatable bonds is 9. The standard InChI is InChI=1S/C26H29N3O4/c1-17(2)13-23(29-12-11-27-16-24(29)30)26(33)28-22(15-25(31)32)20-9-6-8-19(14-20)21-10-5-4-7-18(21)3/h4-12,14,16-17,22-23H,13,15H2,1-3H3,(H,28,33)(H,31,32)/t22-,23-/m0/s1. The van der Waals surface area contributed by atoms with Crippen molar-refractivity contribution >= 4 is 11.9 Å². The Bertz CT molecular complexity index is 1190. The van der Waals surface area contributed by atoms with Crippen LogP contribution in [0.5, 0.6) is 0 Å². The Balaban J connectivity index is 1.95. The fourth-order valence-electron chi connectivity index (χ4n) is 3.92. The van der Waals surface area contributed by atoms with E-state index in [0.717, 1.165) is 16.7 Å². The van der Waals surface area contributed by atoms with Gasteiger partial charge in [0.2, 0.25) is 5.91 Å². The maximum Gasteiger partial charge on any atom is 0.305 e. The van der Waals surface area contributed by atoms with Gasteiger partial charge in [-0.3, -0.25) is 19.4 Å². The molecule has 2 atom stereocenters. The number of aromatic nitrogens is 2. The molecule has 33 heavy (non-hydrogen) atoms. The first kappa shape index (κ1) is 23.9. The zero-order valence-electron chi connectivity index (χ0n) is 19.1. The predicted molar refractivity (Wildman–Crippen MR) is 127 cm³/mol. The summed E-state index contributed by atoms with van der Waals surface area (Å²) in [5, 5.41) is 12.4. The molecule has 7 nitrogen and oxygen atoms in total. The second-order valence-corrected chi connectivity index (χ2v) is 8.57. The highest BCUT2D eigenvalue weighted by Gasteiger charge is 2.27. The third-order valence-corrected chi connectivity index (χ3v) is 5.53. The fraction of sp³-hybridized carbons (Fsp3) is 0.308. The number of hydrogen-bond acceptors (Lipinski definition) is 4. The van der Waals surface area contributed by atoms with Crippen LogP contribution in [0.2, 0.25) is 0 Å². The van der Waals surface area contributed by atoms with Gasteiger partial charge < -0.3 is 15.0 Å². The highest BCUT2D eigenvalue weighted by molar-refractivity contribution is 5.81. The minimum atomic E-state index is -1.02. The third-order valence-electron chi connectivity index (χ3n) is 5.53. The summed E-state index contributed by atoms with van der Waals surface area (Å²) >= 11 is 0. The third kappa shape index (κ3) is 6.16. The first-order valence-electron chi connectivity index (χ1n) is 11.0. The zero-order valence-corrected chi connectivity index (χ0v) is 19.1. The number of nitrogens with zero attached hydrogens (tertiary/aromatic N) is 2. The molecule has 2 aromatic carbocycles. The topological polar surface area (TPSA) is 101 Å². The van der Waals surface area contributed by atoms with Crippen molar-refractivity contribution in [3.05, 3.63) is 88.6 Å². The molecule has 0 unspecified atom stereocenters. The molecule has 0 saturated carbocycles. The van der Waals surface area contributed by atoms with Gasteiger partial charge >= 0.3 is 5.97 Å². The second-order valence-electron chi connectivity index (χ2n) is 8.57. The molecule has 0 aliphatic heterocycles. The van der Waals surface area contributed by atoms with E-state index >= 15 is 0 Å². The van der Waals surface area contributed by atoms with Crippen LogP contribution in [-0.4, -0.2) is 26.5 Å². The van der Waals surface area contributed by atoms with Crippen molar-refractivity contribution in [3.63, 3.8) is 0 Å². The summed E-state index contributed by atoms with van der Waals surface area (Å²) in [6.45, 7) is 5.95. The van der Waals surface area contributed by atoms with Gasteiger partial charge in [-0.25, -0.2) is 0 Å². The summed E-state index contributed by atoms with van der Waals surface area (Å²) < 4.78 is 1.35. The van der Waals surface area contributed by atoms with E-state index in [1.165, 1.54) is 23.2 Å². The molecule has 1 aromatic heterocycles. The van der Waals surface area contributed by atoms with Crippen LogP contribution in [0.25, 0.3) is 11.1 Å². The molecule has 2 N–H and O–H groups in total. The second kappa shape index (κ2) is 10.7. The molecular formula is C26H29N3O4. The van der Waals surface area contributed by atoms with Crippen LogP contribution in [0.4, 0.5) is 0 Å². The van der Waals surface area contributed by atoms with Gasteiger partial charge in [-0.05, 0) is 47.6 Å². The molecule has 1 amide bonds. The molecule has 172 valence electrons. The molecule has 0 saturated heterocycles. The first-order chi connectivity index (χ1) is 15.8. The van der Waals surface area contributed by atoms with Crippen molar-refractivity contribution in [1.82, 2.24) is 14.9 Å². The van der Waals surface area contributed by atoms with Crippen LogP contribution in [0, 0.1) is 12.8 Å². The average molecular weight is 448 g/mol.